The maximum atomic E-state index is 13.6. The number of benzene rings is 1. The third-order valence-electron chi connectivity index (χ3n) is 2.64. The number of rotatable bonds is 9. The first-order valence-electron chi connectivity index (χ1n) is 6.57. The number of hydrogen-bond acceptors (Lipinski definition) is 4. The Morgan fingerprint density at radius 1 is 1.30 bits per heavy atom. The van der Waals surface area contributed by atoms with Gasteiger partial charge in [0.15, 0.2) is 0 Å². The van der Waals surface area contributed by atoms with Gasteiger partial charge in [0, 0.05) is 25.3 Å². The summed E-state index contributed by atoms with van der Waals surface area (Å²) in [5.41, 5.74) is 0.333. The topological polar surface area (TPSA) is 67.4 Å². The van der Waals surface area contributed by atoms with Crippen LogP contribution in [-0.4, -0.2) is 34.7 Å². The molecule has 0 saturated carbocycles. The molecule has 0 aliphatic rings. The van der Waals surface area contributed by atoms with Gasteiger partial charge in [-0.2, -0.15) is 0 Å². The van der Waals surface area contributed by atoms with Gasteiger partial charge in [0.25, 0.3) is 0 Å². The van der Waals surface area contributed by atoms with E-state index in [0.29, 0.717) is 31.9 Å². The lowest BCUT2D eigenvalue weighted by molar-refractivity contribution is 0.153. The molecule has 1 rings (SSSR count). The molecule has 0 aliphatic heterocycles. The highest BCUT2D eigenvalue weighted by atomic mass is 32.2. The molecule has 2 N–H and O–H groups in total. The third-order valence-corrected chi connectivity index (χ3v) is 4.09. The van der Waals surface area contributed by atoms with E-state index >= 15 is 0 Å². The molecular formula is C13H21FN2O3S. The Bertz CT molecular complexity index is 520. The molecule has 5 nitrogen and oxygen atoms in total. The van der Waals surface area contributed by atoms with E-state index in [1.807, 2.05) is 13.8 Å². The van der Waals surface area contributed by atoms with Crippen molar-refractivity contribution in [2.24, 2.45) is 0 Å². The predicted octanol–water partition coefficient (Wildman–Crippen LogP) is 1.25. The normalized spacial score (nSPS) is 11.8. The smallest absolute Gasteiger partial charge is 0.240 e. The van der Waals surface area contributed by atoms with E-state index in [9.17, 15) is 12.8 Å². The lowest BCUT2D eigenvalue weighted by atomic mass is 10.2. The third kappa shape index (κ3) is 5.16. The van der Waals surface area contributed by atoms with Crippen molar-refractivity contribution in [2.45, 2.75) is 25.3 Å². The van der Waals surface area contributed by atoms with Crippen LogP contribution in [0.3, 0.4) is 0 Å². The van der Waals surface area contributed by atoms with Crippen molar-refractivity contribution < 1.29 is 17.5 Å². The van der Waals surface area contributed by atoms with E-state index in [2.05, 4.69) is 10.0 Å². The van der Waals surface area contributed by atoms with Crippen LogP contribution in [0.4, 0.5) is 4.39 Å². The average Bonchev–Trinajstić information content (AvgIpc) is 2.42. The number of ether oxygens (including phenoxy) is 1. The molecule has 20 heavy (non-hydrogen) atoms. The SMILES string of the molecule is CCNCc1cc(S(=O)(=O)NCCOCC)ccc1F. The molecule has 0 bridgehead atoms. The van der Waals surface area contributed by atoms with Crippen molar-refractivity contribution in [1.82, 2.24) is 10.0 Å². The summed E-state index contributed by atoms with van der Waals surface area (Å²) in [4.78, 5) is 0.0586. The molecular weight excluding hydrogens is 283 g/mol. The van der Waals surface area contributed by atoms with Crippen LogP contribution in [-0.2, 0) is 21.3 Å². The lowest BCUT2D eigenvalue weighted by Crippen LogP contribution is -2.27. The molecule has 0 heterocycles. The summed E-state index contributed by atoms with van der Waals surface area (Å²) < 4.78 is 45.1. The molecule has 114 valence electrons. The maximum absolute atomic E-state index is 13.6. The Morgan fingerprint density at radius 2 is 2.05 bits per heavy atom. The molecule has 0 atom stereocenters. The van der Waals surface area contributed by atoms with Crippen molar-refractivity contribution in [3.05, 3.63) is 29.6 Å². The van der Waals surface area contributed by atoms with Crippen molar-refractivity contribution in [1.29, 1.82) is 0 Å². The fourth-order valence-corrected chi connectivity index (χ4v) is 2.65. The van der Waals surface area contributed by atoms with Crippen molar-refractivity contribution in [2.75, 3.05) is 26.3 Å². The highest BCUT2D eigenvalue weighted by molar-refractivity contribution is 7.89. The Morgan fingerprint density at radius 3 is 2.70 bits per heavy atom. The summed E-state index contributed by atoms with van der Waals surface area (Å²) in [5.74, 6) is -0.417. The fraction of sp³-hybridized carbons (Fsp3) is 0.538. The number of nitrogens with one attached hydrogen (secondary N) is 2. The Labute approximate surface area is 119 Å². The highest BCUT2D eigenvalue weighted by Gasteiger charge is 2.15. The van der Waals surface area contributed by atoms with Crippen LogP contribution in [0, 0.1) is 5.82 Å². The number of hydrogen-bond donors (Lipinski definition) is 2. The van der Waals surface area contributed by atoms with Crippen LogP contribution in [0.1, 0.15) is 19.4 Å². The zero-order chi connectivity index (χ0) is 15.0. The largest absolute Gasteiger partial charge is 0.380 e. The van der Waals surface area contributed by atoms with Crippen molar-refractivity contribution >= 4 is 10.0 Å². The summed E-state index contributed by atoms with van der Waals surface area (Å²) in [6.45, 7) is 5.74. The minimum absolute atomic E-state index is 0.0586. The van der Waals surface area contributed by atoms with Gasteiger partial charge < -0.3 is 10.1 Å². The first-order chi connectivity index (χ1) is 9.51. The van der Waals surface area contributed by atoms with Crippen LogP contribution in [0.2, 0.25) is 0 Å². The molecule has 1 aromatic carbocycles. The minimum Gasteiger partial charge on any atom is -0.380 e. The summed E-state index contributed by atoms with van der Waals surface area (Å²) >= 11 is 0. The second-order valence-corrected chi connectivity index (χ2v) is 5.90. The van der Waals surface area contributed by atoms with Gasteiger partial charge in [-0.05, 0) is 31.7 Å². The monoisotopic (exact) mass is 304 g/mol. The summed E-state index contributed by atoms with van der Waals surface area (Å²) in [7, 11) is -3.63. The summed E-state index contributed by atoms with van der Waals surface area (Å²) in [6, 6.07) is 3.78. The minimum atomic E-state index is -3.63. The molecule has 0 spiro atoms. The molecule has 0 fully saturated rings. The fourth-order valence-electron chi connectivity index (χ4n) is 1.59. The van der Waals surface area contributed by atoms with Gasteiger partial charge in [-0.15, -0.1) is 0 Å². The Kier molecular flexibility index (Phi) is 7.08. The van der Waals surface area contributed by atoms with Gasteiger partial charge in [0.2, 0.25) is 10.0 Å². The lowest BCUT2D eigenvalue weighted by Gasteiger charge is -2.09. The van der Waals surface area contributed by atoms with Crippen LogP contribution in [0.5, 0.6) is 0 Å². The van der Waals surface area contributed by atoms with Crippen LogP contribution >= 0.6 is 0 Å². The van der Waals surface area contributed by atoms with Crippen LogP contribution < -0.4 is 10.0 Å². The Balaban J connectivity index is 2.78. The maximum Gasteiger partial charge on any atom is 0.240 e. The summed E-state index contributed by atoms with van der Waals surface area (Å²) in [5, 5.41) is 2.97. The van der Waals surface area contributed by atoms with Gasteiger partial charge >= 0.3 is 0 Å². The molecule has 0 radical (unpaired) electrons. The molecule has 0 unspecified atom stereocenters. The van der Waals surface area contributed by atoms with Gasteiger partial charge in [-0.3, -0.25) is 0 Å². The number of sulfonamides is 1. The van der Waals surface area contributed by atoms with Gasteiger partial charge in [-0.25, -0.2) is 17.5 Å². The van der Waals surface area contributed by atoms with Crippen molar-refractivity contribution in [3.8, 4) is 0 Å². The quantitative estimate of drug-likeness (QED) is 0.674. The van der Waals surface area contributed by atoms with E-state index in [1.54, 1.807) is 0 Å². The molecule has 7 heteroatoms. The molecule has 0 aromatic heterocycles. The second-order valence-electron chi connectivity index (χ2n) is 4.13. The van der Waals surface area contributed by atoms with Gasteiger partial charge in [0.1, 0.15) is 5.82 Å². The van der Waals surface area contributed by atoms with E-state index in [4.69, 9.17) is 4.74 Å². The van der Waals surface area contributed by atoms with E-state index in [0.717, 1.165) is 0 Å². The first kappa shape index (κ1) is 17.0. The summed E-state index contributed by atoms with van der Waals surface area (Å²) in [6.07, 6.45) is 0. The van der Waals surface area contributed by atoms with E-state index in [-0.39, 0.29) is 11.4 Å². The van der Waals surface area contributed by atoms with E-state index < -0.39 is 15.8 Å². The molecule has 0 amide bonds. The van der Waals surface area contributed by atoms with Crippen LogP contribution in [0.25, 0.3) is 0 Å². The van der Waals surface area contributed by atoms with E-state index in [1.165, 1.54) is 18.2 Å². The standard InChI is InChI=1S/C13H21FN2O3S/c1-3-15-10-11-9-12(5-6-13(11)14)20(17,18)16-7-8-19-4-2/h5-6,9,15-16H,3-4,7-8,10H2,1-2H3. The van der Waals surface area contributed by atoms with Gasteiger partial charge in [0.05, 0.1) is 11.5 Å². The molecule has 0 saturated heterocycles. The van der Waals surface area contributed by atoms with Gasteiger partial charge in [-0.1, -0.05) is 6.92 Å². The Hall–Kier alpha value is -1.02. The average molecular weight is 304 g/mol. The number of halogens is 1. The van der Waals surface area contributed by atoms with Crippen LogP contribution in [0.15, 0.2) is 23.1 Å². The molecule has 1 aromatic rings. The zero-order valence-corrected chi connectivity index (χ0v) is 12.6. The molecule has 0 aliphatic carbocycles. The second kappa shape index (κ2) is 8.31. The highest BCUT2D eigenvalue weighted by Crippen LogP contribution is 2.15. The van der Waals surface area contributed by atoms with Crippen molar-refractivity contribution in [3.63, 3.8) is 0 Å². The predicted molar refractivity (Wildman–Crippen MR) is 75.5 cm³/mol. The first-order valence-corrected chi connectivity index (χ1v) is 8.06. The zero-order valence-electron chi connectivity index (χ0n) is 11.8.